The number of esters is 1. The highest BCUT2D eigenvalue weighted by Gasteiger charge is 2.10. The fraction of sp³-hybridized carbons (Fsp3) is 0.0455. The molecule has 6 nitrogen and oxygen atoms in total. The van der Waals surface area contributed by atoms with Crippen molar-refractivity contribution in [3.63, 3.8) is 0 Å². The second-order valence-corrected chi connectivity index (χ2v) is 6.55. The molecule has 0 bridgehead atoms. The zero-order chi connectivity index (χ0) is 20.8. The number of benzene rings is 3. The Bertz CT molecular complexity index is 1060. The summed E-state index contributed by atoms with van der Waals surface area (Å²) in [5.74, 6) is -0.802. The summed E-state index contributed by atoms with van der Waals surface area (Å²) in [7, 11) is 0. The number of rotatable bonds is 5. The van der Waals surface area contributed by atoms with Gasteiger partial charge < -0.3 is 15.4 Å². The van der Waals surface area contributed by atoms with Gasteiger partial charge in [0.1, 0.15) is 5.75 Å². The summed E-state index contributed by atoms with van der Waals surface area (Å²) in [5.41, 5.74) is 1.92. The number of carbonyl (C=O) groups excluding carboxylic acids is 3. The van der Waals surface area contributed by atoms with Crippen LogP contribution in [0, 0.1) is 0 Å². The molecule has 0 atom stereocenters. The average Bonchev–Trinajstić information content (AvgIpc) is 2.69. The summed E-state index contributed by atoms with van der Waals surface area (Å²) in [4.78, 5) is 35.7. The van der Waals surface area contributed by atoms with Gasteiger partial charge in [0, 0.05) is 34.4 Å². The van der Waals surface area contributed by atoms with Crippen LogP contribution in [0.2, 0.25) is 5.02 Å². The van der Waals surface area contributed by atoms with Crippen molar-refractivity contribution in [2.24, 2.45) is 0 Å². The lowest BCUT2D eigenvalue weighted by molar-refractivity contribution is -0.131. The molecule has 146 valence electrons. The monoisotopic (exact) mass is 408 g/mol. The maximum Gasteiger partial charge on any atom is 0.308 e. The number of ether oxygens (including phenoxy) is 1. The molecule has 0 aliphatic carbocycles. The molecule has 2 N–H and O–H groups in total. The molecular weight excluding hydrogens is 392 g/mol. The molecule has 7 heteroatoms. The zero-order valence-electron chi connectivity index (χ0n) is 15.4. The Balaban J connectivity index is 1.64. The Kier molecular flexibility index (Phi) is 6.26. The second-order valence-electron chi connectivity index (χ2n) is 6.12. The van der Waals surface area contributed by atoms with Crippen molar-refractivity contribution in [2.45, 2.75) is 6.92 Å². The van der Waals surface area contributed by atoms with E-state index in [-0.39, 0.29) is 11.8 Å². The lowest BCUT2D eigenvalue weighted by Gasteiger charge is -2.09. The third-order valence-corrected chi connectivity index (χ3v) is 4.08. The van der Waals surface area contributed by atoms with E-state index in [1.807, 2.05) is 0 Å². The first-order valence-corrected chi connectivity index (χ1v) is 9.05. The van der Waals surface area contributed by atoms with E-state index < -0.39 is 5.97 Å². The van der Waals surface area contributed by atoms with Gasteiger partial charge in [-0.05, 0) is 60.7 Å². The fourth-order valence-corrected chi connectivity index (χ4v) is 2.73. The Morgan fingerprint density at radius 1 is 0.759 bits per heavy atom. The van der Waals surface area contributed by atoms with Crippen molar-refractivity contribution >= 4 is 40.8 Å². The highest BCUT2D eigenvalue weighted by molar-refractivity contribution is 6.31. The first-order valence-electron chi connectivity index (χ1n) is 8.67. The molecule has 0 aromatic heterocycles. The number of hydrogen-bond acceptors (Lipinski definition) is 4. The Hall–Kier alpha value is -3.64. The number of halogens is 1. The van der Waals surface area contributed by atoms with Crippen LogP contribution in [0.3, 0.4) is 0 Å². The van der Waals surface area contributed by atoms with Gasteiger partial charge in [-0.2, -0.15) is 0 Å². The fourth-order valence-electron chi connectivity index (χ4n) is 2.54. The van der Waals surface area contributed by atoms with Crippen LogP contribution in [0.4, 0.5) is 11.4 Å². The predicted octanol–water partition coefficient (Wildman–Crippen LogP) is 4.77. The average molecular weight is 409 g/mol. The largest absolute Gasteiger partial charge is 0.427 e. The lowest BCUT2D eigenvalue weighted by atomic mass is 10.2. The Morgan fingerprint density at radius 3 is 1.79 bits per heavy atom. The third-order valence-electron chi connectivity index (χ3n) is 3.85. The second kappa shape index (κ2) is 9.03. The van der Waals surface area contributed by atoms with Gasteiger partial charge in [0.25, 0.3) is 11.8 Å². The van der Waals surface area contributed by atoms with Gasteiger partial charge in [-0.1, -0.05) is 23.7 Å². The van der Waals surface area contributed by atoms with Crippen LogP contribution >= 0.6 is 11.6 Å². The van der Waals surface area contributed by atoms with Crippen molar-refractivity contribution in [3.8, 4) is 5.75 Å². The van der Waals surface area contributed by atoms with Crippen molar-refractivity contribution in [3.05, 3.63) is 88.9 Å². The van der Waals surface area contributed by atoms with E-state index in [0.717, 1.165) is 0 Å². The highest BCUT2D eigenvalue weighted by Crippen LogP contribution is 2.18. The summed E-state index contributed by atoms with van der Waals surface area (Å²) in [5, 5.41) is 5.99. The molecule has 0 radical (unpaired) electrons. The van der Waals surface area contributed by atoms with E-state index in [1.54, 1.807) is 66.7 Å². The van der Waals surface area contributed by atoms with Crippen LogP contribution in [0.15, 0.2) is 72.8 Å². The molecule has 0 spiro atoms. The van der Waals surface area contributed by atoms with E-state index >= 15 is 0 Å². The molecule has 0 aliphatic rings. The molecule has 3 rings (SSSR count). The Morgan fingerprint density at radius 2 is 1.28 bits per heavy atom. The Labute approximate surface area is 172 Å². The van der Waals surface area contributed by atoms with Gasteiger partial charge in [-0.3, -0.25) is 14.4 Å². The molecule has 3 aromatic rings. The standard InChI is InChI=1S/C22H17ClN2O4/c1-14(26)29-20-7-3-5-16(13-20)22(28)25-19-10-8-18(9-11-19)24-21(27)15-4-2-6-17(23)12-15/h2-13H,1H3,(H,24,27)(H,25,28). The van der Waals surface area contributed by atoms with Gasteiger partial charge in [-0.25, -0.2) is 0 Å². The number of anilines is 2. The minimum Gasteiger partial charge on any atom is -0.427 e. The minimum absolute atomic E-state index is 0.286. The molecule has 0 heterocycles. The van der Waals surface area contributed by atoms with Gasteiger partial charge in [-0.15, -0.1) is 0 Å². The van der Waals surface area contributed by atoms with Gasteiger partial charge in [0.05, 0.1) is 0 Å². The van der Waals surface area contributed by atoms with E-state index in [9.17, 15) is 14.4 Å². The number of amides is 2. The van der Waals surface area contributed by atoms with Gasteiger partial charge in [0.15, 0.2) is 0 Å². The molecule has 29 heavy (non-hydrogen) atoms. The predicted molar refractivity (Wildman–Crippen MR) is 112 cm³/mol. The molecule has 3 aromatic carbocycles. The quantitative estimate of drug-likeness (QED) is 0.470. The van der Waals surface area contributed by atoms with E-state index in [2.05, 4.69) is 10.6 Å². The van der Waals surface area contributed by atoms with Crippen LogP contribution in [0.25, 0.3) is 0 Å². The van der Waals surface area contributed by atoms with E-state index in [0.29, 0.717) is 33.3 Å². The van der Waals surface area contributed by atoms with E-state index in [1.165, 1.54) is 13.0 Å². The van der Waals surface area contributed by atoms with Crippen molar-refractivity contribution < 1.29 is 19.1 Å². The zero-order valence-corrected chi connectivity index (χ0v) is 16.2. The van der Waals surface area contributed by atoms with Crippen molar-refractivity contribution in [2.75, 3.05) is 10.6 Å². The first kappa shape index (κ1) is 20.1. The molecule has 0 aliphatic heterocycles. The van der Waals surface area contributed by atoms with Crippen molar-refractivity contribution in [1.29, 1.82) is 0 Å². The number of nitrogens with one attached hydrogen (secondary N) is 2. The maximum absolute atomic E-state index is 12.4. The van der Waals surface area contributed by atoms with Gasteiger partial charge >= 0.3 is 5.97 Å². The molecule has 0 saturated heterocycles. The van der Waals surface area contributed by atoms with Gasteiger partial charge in [0.2, 0.25) is 0 Å². The molecule has 0 unspecified atom stereocenters. The van der Waals surface area contributed by atoms with Crippen LogP contribution < -0.4 is 15.4 Å². The summed E-state index contributed by atoms with van der Waals surface area (Å²) < 4.78 is 4.98. The van der Waals surface area contributed by atoms with Crippen LogP contribution in [-0.2, 0) is 4.79 Å². The molecule has 0 saturated carbocycles. The molecule has 0 fully saturated rings. The third kappa shape index (κ3) is 5.67. The maximum atomic E-state index is 12.4. The number of carbonyl (C=O) groups is 3. The van der Waals surface area contributed by atoms with E-state index in [4.69, 9.17) is 16.3 Å². The summed E-state index contributed by atoms with van der Waals surface area (Å²) >= 11 is 5.90. The number of hydrogen-bond donors (Lipinski definition) is 2. The highest BCUT2D eigenvalue weighted by atomic mass is 35.5. The minimum atomic E-state index is -0.460. The molecule has 2 amide bonds. The first-order chi connectivity index (χ1) is 13.9. The summed E-state index contributed by atoms with van der Waals surface area (Å²) in [6, 6.07) is 19.6. The SMILES string of the molecule is CC(=O)Oc1cccc(C(=O)Nc2ccc(NC(=O)c3cccc(Cl)c3)cc2)c1. The summed E-state index contributed by atoms with van der Waals surface area (Å²) in [6.07, 6.45) is 0. The van der Waals surface area contributed by atoms with Crippen LogP contribution in [-0.4, -0.2) is 17.8 Å². The van der Waals surface area contributed by atoms with Crippen LogP contribution in [0.5, 0.6) is 5.75 Å². The van der Waals surface area contributed by atoms with Crippen molar-refractivity contribution in [1.82, 2.24) is 0 Å². The lowest BCUT2D eigenvalue weighted by Crippen LogP contribution is -2.13. The topological polar surface area (TPSA) is 84.5 Å². The summed E-state index contributed by atoms with van der Waals surface area (Å²) in [6.45, 7) is 1.29. The normalized spacial score (nSPS) is 10.1. The van der Waals surface area contributed by atoms with Crippen LogP contribution in [0.1, 0.15) is 27.6 Å². The molecular formula is C22H17ClN2O4. The smallest absolute Gasteiger partial charge is 0.308 e.